The van der Waals surface area contributed by atoms with Crippen LogP contribution in [0.4, 0.5) is 0 Å². The molecule has 190 valence electrons. The number of benzene rings is 1. The minimum absolute atomic E-state index is 0.143. The molecule has 0 N–H and O–H groups in total. The zero-order valence-electron chi connectivity index (χ0n) is 20.5. The van der Waals surface area contributed by atoms with Crippen LogP contribution in [0.1, 0.15) is 35.6 Å². The standard InChI is InChI=1S/C27H28N6O4/c34-24-11-23(14-33-12-21-3-2-20(10-22(21)13-33)27-31-30-18-37-27)35-17-25(24)36-16-19-4-8-32(9-5-19)15-26-28-6-1-7-29-26/h1-3,6-7,10-11,17-19H,4-5,8-9,12-16H2. The Morgan fingerprint density at radius 3 is 2.59 bits per heavy atom. The van der Waals surface area contributed by atoms with Gasteiger partial charge in [-0.05, 0) is 61.2 Å². The van der Waals surface area contributed by atoms with E-state index in [1.165, 1.54) is 23.8 Å². The number of nitrogens with zero attached hydrogens (tertiary/aromatic N) is 6. The first kappa shape index (κ1) is 23.5. The minimum Gasteiger partial charge on any atom is -0.486 e. The number of fused-ring (bicyclic) bond motifs is 1. The van der Waals surface area contributed by atoms with Crippen molar-refractivity contribution in [1.29, 1.82) is 0 Å². The van der Waals surface area contributed by atoms with Crippen molar-refractivity contribution in [3.05, 3.63) is 88.3 Å². The summed E-state index contributed by atoms with van der Waals surface area (Å²) < 4.78 is 17.0. The van der Waals surface area contributed by atoms with Crippen molar-refractivity contribution in [2.75, 3.05) is 19.7 Å². The van der Waals surface area contributed by atoms with Crippen molar-refractivity contribution < 1.29 is 13.6 Å². The first-order valence-corrected chi connectivity index (χ1v) is 12.5. The van der Waals surface area contributed by atoms with E-state index in [-0.39, 0.29) is 11.2 Å². The van der Waals surface area contributed by atoms with Gasteiger partial charge in [-0.3, -0.25) is 14.6 Å². The molecule has 6 rings (SSSR count). The molecule has 2 aliphatic heterocycles. The van der Waals surface area contributed by atoms with E-state index in [9.17, 15) is 4.79 Å². The molecule has 3 aromatic heterocycles. The summed E-state index contributed by atoms with van der Waals surface area (Å²) in [6, 6.07) is 9.53. The van der Waals surface area contributed by atoms with E-state index in [2.05, 4.69) is 42.1 Å². The SMILES string of the molecule is O=c1cc(CN2Cc3ccc(-c4nnco4)cc3C2)occ1OCC1CCN(Cc2ncccn2)CC1. The smallest absolute Gasteiger partial charge is 0.247 e. The topological polar surface area (TPSA) is 111 Å². The largest absolute Gasteiger partial charge is 0.486 e. The van der Waals surface area contributed by atoms with Gasteiger partial charge in [-0.25, -0.2) is 9.97 Å². The molecule has 0 radical (unpaired) electrons. The van der Waals surface area contributed by atoms with Gasteiger partial charge in [-0.15, -0.1) is 10.2 Å². The number of hydrogen-bond acceptors (Lipinski definition) is 10. The lowest BCUT2D eigenvalue weighted by molar-refractivity contribution is 0.132. The van der Waals surface area contributed by atoms with Gasteiger partial charge in [0.1, 0.15) is 17.8 Å². The van der Waals surface area contributed by atoms with E-state index in [0.717, 1.165) is 57.0 Å². The Hall–Kier alpha value is -3.89. The molecule has 10 nitrogen and oxygen atoms in total. The second-order valence-electron chi connectivity index (χ2n) is 9.64. The molecule has 2 aliphatic rings. The van der Waals surface area contributed by atoms with E-state index >= 15 is 0 Å². The first-order chi connectivity index (χ1) is 18.2. The van der Waals surface area contributed by atoms with Gasteiger partial charge in [-0.2, -0.15) is 0 Å². The third-order valence-electron chi connectivity index (χ3n) is 7.00. The Morgan fingerprint density at radius 2 is 1.81 bits per heavy atom. The molecular weight excluding hydrogens is 472 g/mol. The molecule has 10 heteroatoms. The van der Waals surface area contributed by atoms with Crippen molar-refractivity contribution in [2.45, 2.75) is 39.0 Å². The third-order valence-corrected chi connectivity index (χ3v) is 7.00. The van der Waals surface area contributed by atoms with Crippen LogP contribution in [-0.4, -0.2) is 49.7 Å². The molecule has 1 fully saturated rings. The Bertz CT molecular complexity index is 1380. The molecule has 0 aliphatic carbocycles. The van der Waals surface area contributed by atoms with Gasteiger partial charge in [0.15, 0.2) is 0 Å². The summed E-state index contributed by atoms with van der Waals surface area (Å²) in [5.41, 5.74) is 3.21. The zero-order valence-corrected chi connectivity index (χ0v) is 20.5. The van der Waals surface area contributed by atoms with Crippen LogP contribution in [0.5, 0.6) is 5.75 Å². The fraction of sp³-hybridized carbons (Fsp3) is 0.370. The van der Waals surface area contributed by atoms with Gasteiger partial charge in [0, 0.05) is 37.1 Å². The van der Waals surface area contributed by atoms with Gasteiger partial charge >= 0.3 is 0 Å². The van der Waals surface area contributed by atoms with Crippen LogP contribution in [0.15, 0.2) is 69.0 Å². The number of piperidine rings is 1. The van der Waals surface area contributed by atoms with Crippen molar-refractivity contribution in [1.82, 2.24) is 30.0 Å². The van der Waals surface area contributed by atoms with Crippen molar-refractivity contribution in [3.63, 3.8) is 0 Å². The quantitative estimate of drug-likeness (QED) is 0.357. The monoisotopic (exact) mass is 500 g/mol. The molecule has 0 saturated carbocycles. The lowest BCUT2D eigenvalue weighted by Gasteiger charge is -2.31. The normalized spacial score (nSPS) is 16.6. The van der Waals surface area contributed by atoms with Gasteiger partial charge in [-0.1, -0.05) is 6.07 Å². The van der Waals surface area contributed by atoms with Crippen LogP contribution in [-0.2, 0) is 26.2 Å². The third kappa shape index (κ3) is 5.60. The molecule has 37 heavy (non-hydrogen) atoms. The van der Waals surface area contributed by atoms with Gasteiger partial charge in [0.25, 0.3) is 0 Å². The van der Waals surface area contributed by atoms with E-state index in [4.69, 9.17) is 13.6 Å². The summed E-state index contributed by atoms with van der Waals surface area (Å²) in [4.78, 5) is 25.9. The Morgan fingerprint density at radius 1 is 0.973 bits per heavy atom. The highest BCUT2D eigenvalue weighted by molar-refractivity contribution is 5.56. The van der Waals surface area contributed by atoms with Crippen LogP contribution in [0.25, 0.3) is 11.5 Å². The second-order valence-corrected chi connectivity index (χ2v) is 9.64. The molecule has 0 atom stereocenters. The van der Waals surface area contributed by atoms with Gasteiger partial charge in [0.2, 0.25) is 23.5 Å². The Labute approximate surface area is 213 Å². The van der Waals surface area contributed by atoms with Crippen LogP contribution < -0.4 is 10.2 Å². The Balaban J connectivity index is 0.987. The maximum Gasteiger partial charge on any atom is 0.247 e. The highest BCUT2D eigenvalue weighted by atomic mass is 16.5. The maximum atomic E-state index is 12.7. The van der Waals surface area contributed by atoms with Crippen LogP contribution in [0.3, 0.4) is 0 Å². The molecule has 1 saturated heterocycles. The summed E-state index contributed by atoms with van der Waals surface area (Å²) in [7, 11) is 0. The first-order valence-electron chi connectivity index (χ1n) is 12.5. The molecule has 0 spiro atoms. The van der Waals surface area contributed by atoms with Gasteiger partial charge < -0.3 is 13.6 Å². The van der Waals surface area contributed by atoms with Crippen LogP contribution in [0, 0.1) is 5.92 Å². The number of likely N-dealkylation sites (tertiary alicyclic amines) is 1. The number of hydrogen-bond donors (Lipinski definition) is 0. The van der Waals surface area contributed by atoms with Crippen molar-refractivity contribution >= 4 is 0 Å². The van der Waals surface area contributed by atoms with Crippen molar-refractivity contribution in [3.8, 4) is 17.2 Å². The van der Waals surface area contributed by atoms with Crippen molar-refractivity contribution in [2.24, 2.45) is 5.92 Å². The molecule has 1 aromatic carbocycles. The maximum absolute atomic E-state index is 12.7. The minimum atomic E-state index is -0.143. The summed E-state index contributed by atoms with van der Waals surface area (Å²) in [6.45, 7) is 5.31. The molecule has 0 unspecified atom stereocenters. The Kier molecular flexibility index (Phi) is 6.74. The average molecular weight is 501 g/mol. The summed E-state index contributed by atoms with van der Waals surface area (Å²) in [5, 5.41) is 7.73. The van der Waals surface area contributed by atoms with Crippen LogP contribution >= 0.6 is 0 Å². The molecule has 0 bridgehead atoms. The zero-order chi connectivity index (χ0) is 25.0. The highest BCUT2D eigenvalue weighted by Gasteiger charge is 2.23. The molecule has 4 aromatic rings. The summed E-state index contributed by atoms with van der Waals surface area (Å²) >= 11 is 0. The van der Waals surface area contributed by atoms with Crippen LogP contribution in [0.2, 0.25) is 0 Å². The predicted molar refractivity (Wildman–Crippen MR) is 133 cm³/mol. The lowest BCUT2D eigenvalue weighted by atomic mass is 9.98. The van der Waals surface area contributed by atoms with E-state index < -0.39 is 0 Å². The number of rotatable bonds is 8. The average Bonchev–Trinajstić information content (AvgIpc) is 3.59. The van der Waals surface area contributed by atoms with E-state index in [1.54, 1.807) is 18.5 Å². The summed E-state index contributed by atoms with van der Waals surface area (Å²) in [5.74, 6) is 2.67. The number of aromatic nitrogens is 4. The number of ether oxygens (including phenoxy) is 1. The molecule has 5 heterocycles. The predicted octanol–water partition coefficient (Wildman–Crippen LogP) is 3.29. The molecular formula is C27H28N6O4. The van der Waals surface area contributed by atoms with E-state index in [1.807, 2.05) is 12.1 Å². The molecule has 0 amide bonds. The van der Waals surface area contributed by atoms with Gasteiger partial charge in [0.05, 0.1) is 19.7 Å². The fourth-order valence-corrected chi connectivity index (χ4v) is 4.99. The lowest BCUT2D eigenvalue weighted by Crippen LogP contribution is -2.35. The summed E-state index contributed by atoms with van der Waals surface area (Å²) in [6.07, 6.45) is 8.36. The fourth-order valence-electron chi connectivity index (χ4n) is 4.99. The highest BCUT2D eigenvalue weighted by Crippen LogP contribution is 2.28. The van der Waals surface area contributed by atoms with E-state index in [0.29, 0.717) is 30.7 Å². The second kappa shape index (κ2) is 10.6.